The highest BCUT2D eigenvalue weighted by Gasteiger charge is 2.20. The van der Waals surface area contributed by atoms with Gasteiger partial charge in [0.1, 0.15) is 11.8 Å². The number of anilines is 1. The van der Waals surface area contributed by atoms with Crippen LogP contribution in [0, 0.1) is 0 Å². The number of aliphatic carboxylic acids is 1. The van der Waals surface area contributed by atoms with Gasteiger partial charge in [0.15, 0.2) is 0 Å². The molecule has 0 unspecified atom stereocenters. The second-order valence-corrected chi connectivity index (χ2v) is 3.57. The first kappa shape index (κ1) is 12.4. The van der Waals surface area contributed by atoms with Gasteiger partial charge in [0, 0.05) is 18.8 Å². The minimum atomic E-state index is -0.812. The molecule has 1 aromatic rings. The van der Waals surface area contributed by atoms with Crippen LogP contribution in [-0.2, 0) is 4.79 Å². The van der Waals surface area contributed by atoms with E-state index in [1.54, 1.807) is 19.1 Å². The number of ether oxygens (including phenoxy) is 1. The van der Waals surface area contributed by atoms with Gasteiger partial charge in [-0.15, -0.1) is 0 Å². The van der Waals surface area contributed by atoms with Gasteiger partial charge in [0.05, 0.1) is 7.11 Å². The van der Waals surface area contributed by atoms with Crippen molar-refractivity contribution < 1.29 is 14.6 Å². The molecule has 0 heterocycles. The Balaban J connectivity index is 2.93. The van der Waals surface area contributed by atoms with E-state index in [2.05, 4.69) is 0 Å². The van der Waals surface area contributed by atoms with Gasteiger partial charge in [0.25, 0.3) is 0 Å². The molecule has 0 fully saturated rings. The highest BCUT2D eigenvalue weighted by Crippen LogP contribution is 2.22. The molecule has 0 amide bonds. The first-order chi connectivity index (χ1) is 7.60. The fourth-order valence-corrected chi connectivity index (χ4v) is 1.62. The number of carbonyl (C=O) groups is 1. The average molecular weight is 223 g/mol. The standard InChI is InChI=1S/C12H17NO3/c1-4-11(12(14)15)13(2)9-6-5-7-10(8-9)16-3/h5-8,11H,4H2,1-3H3,(H,14,15)/t11-/m0/s1. The van der Waals surface area contributed by atoms with Crippen LogP contribution < -0.4 is 9.64 Å². The average Bonchev–Trinajstić information content (AvgIpc) is 2.29. The summed E-state index contributed by atoms with van der Waals surface area (Å²) in [5, 5.41) is 9.06. The zero-order valence-electron chi connectivity index (χ0n) is 9.80. The number of likely N-dealkylation sites (N-methyl/N-ethyl adjacent to an activating group) is 1. The lowest BCUT2D eigenvalue weighted by molar-refractivity contribution is -0.138. The Labute approximate surface area is 95.5 Å². The lowest BCUT2D eigenvalue weighted by Gasteiger charge is -2.26. The van der Waals surface area contributed by atoms with Crippen LogP contribution in [0.15, 0.2) is 24.3 Å². The van der Waals surface area contributed by atoms with Crippen LogP contribution >= 0.6 is 0 Å². The van der Waals surface area contributed by atoms with Crippen LogP contribution in [0.1, 0.15) is 13.3 Å². The predicted octanol–water partition coefficient (Wildman–Crippen LogP) is 1.99. The van der Waals surface area contributed by atoms with Crippen molar-refractivity contribution in [1.29, 1.82) is 0 Å². The largest absolute Gasteiger partial charge is 0.497 e. The normalized spacial score (nSPS) is 11.9. The molecule has 0 bridgehead atoms. The fourth-order valence-electron chi connectivity index (χ4n) is 1.62. The summed E-state index contributed by atoms with van der Waals surface area (Å²) in [7, 11) is 3.37. The minimum Gasteiger partial charge on any atom is -0.497 e. The van der Waals surface area contributed by atoms with Gasteiger partial charge >= 0.3 is 5.97 Å². The number of nitrogens with zero attached hydrogens (tertiary/aromatic N) is 1. The first-order valence-corrected chi connectivity index (χ1v) is 5.19. The van der Waals surface area contributed by atoms with Crippen LogP contribution in [0.25, 0.3) is 0 Å². The highest BCUT2D eigenvalue weighted by molar-refractivity contribution is 5.78. The van der Waals surface area contributed by atoms with Crippen LogP contribution in [-0.4, -0.2) is 31.3 Å². The molecule has 0 saturated heterocycles. The zero-order chi connectivity index (χ0) is 12.1. The fraction of sp³-hybridized carbons (Fsp3) is 0.417. The molecular formula is C12H17NO3. The van der Waals surface area contributed by atoms with Crippen LogP contribution in [0.3, 0.4) is 0 Å². The van der Waals surface area contributed by atoms with Crippen LogP contribution in [0.2, 0.25) is 0 Å². The molecule has 1 atom stereocenters. The number of hydrogen-bond donors (Lipinski definition) is 1. The monoisotopic (exact) mass is 223 g/mol. The SMILES string of the molecule is CC[C@@H](C(=O)O)N(C)c1cccc(OC)c1. The van der Waals surface area contributed by atoms with Crippen molar-refractivity contribution in [1.82, 2.24) is 0 Å². The summed E-state index contributed by atoms with van der Waals surface area (Å²) < 4.78 is 5.10. The van der Waals surface area contributed by atoms with Gasteiger partial charge in [-0.1, -0.05) is 13.0 Å². The lowest BCUT2D eigenvalue weighted by atomic mass is 10.1. The molecule has 4 heteroatoms. The molecule has 0 saturated carbocycles. The van der Waals surface area contributed by atoms with Gasteiger partial charge in [0.2, 0.25) is 0 Å². The number of carboxylic acid groups (broad SMARTS) is 1. The Bertz CT molecular complexity index is 365. The summed E-state index contributed by atoms with van der Waals surface area (Å²) in [6.45, 7) is 1.86. The molecule has 0 aromatic heterocycles. The van der Waals surface area contributed by atoms with Crippen molar-refractivity contribution in [2.45, 2.75) is 19.4 Å². The Morgan fingerprint density at radius 3 is 2.75 bits per heavy atom. The highest BCUT2D eigenvalue weighted by atomic mass is 16.5. The molecule has 0 aliphatic carbocycles. The van der Waals surface area contributed by atoms with E-state index < -0.39 is 12.0 Å². The van der Waals surface area contributed by atoms with Crippen molar-refractivity contribution >= 4 is 11.7 Å². The molecule has 88 valence electrons. The summed E-state index contributed by atoms with van der Waals surface area (Å²) in [4.78, 5) is 12.8. The summed E-state index contributed by atoms with van der Waals surface area (Å²) in [5.74, 6) is -0.0857. The van der Waals surface area contributed by atoms with E-state index in [-0.39, 0.29) is 0 Å². The molecule has 1 rings (SSSR count). The molecule has 16 heavy (non-hydrogen) atoms. The molecule has 0 aliphatic heterocycles. The molecule has 0 radical (unpaired) electrons. The van der Waals surface area contributed by atoms with Gasteiger partial charge in [-0.25, -0.2) is 4.79 Å². The van der Waals surface area contributed by atoms with E-state index in [0.717, 1.165) is 11.4 Å². The number of methoxy groups -OCH3 is 1. The third-order valence-electron chi connectivity index (χ3n) is 2.60. The molecule has 1 N–H and O–H groups in total. The predicted molar refractivity (Wildman–Crippen MR) is 63.1 cm³/mol. The third-order valence-corrected chi connectivity index (χ3v) is 2.60. The Hall–Kier alpha value is -1.71. The smallest absolute Gasteiger partial charge is 0.326 e. The van der Waals surface area contributed by atoms with Crippen molar-refractivity contribution in [3.05, 3.63) is 24.3 Å². The summed E-state index contributed by atoms with van der Waals surface area (Å²) in [6, 6.07) is 6.87. The maximum Gasteiger partial charge on any atom is 0.326 e. The molecule has 1 aromatic carbocycles. The number of carboxylic acids is 1. The Morgan fingerprint density at radius 1 is 1.56 bits per heavy atom. The van der Waals surface area contributed by atoms with E-state index in [1.165, 1.54) is 0 Å². The van der Waals surface area contributed by atoms with Gasteiger partial charge in [-0.05, 0) is 18.6 Å². The topological polar surface area (TPSA) is 49.8 Å². The first-order valence-electron chi connectivity index (χ1n) is 5.19. The van der Waals surface area contributed by atoms with Crippen molar-refractivity contribution in [3.8, 4) is 5.75 Å². The van der Waals surface area contributed by atoms with Crippen LogP contribution in [0.5, 0.6) is 5.75 Å². The second kappa shape index (κ2) is 5.39. The Kier molecular flexibility index (Phi) is 4.17. The molecule has 0 spiro atoms. The van der Waals surface area contributed by atoms with Crippen molar-refractivity contribution in [3.63, 3.8) is 0 Å². The number of rotatable bonds is 5. The number of benzene rings is 1. The van der Waals surface area contributed by atoms with E-state index in [1.807, 2.05) is 31.2 Å². The third kappa shape index (κ3) is 2.66. The van der Waals surface area contributed by atoms with E-state index >= 15 is 0 Å². The maximum atomic E-state index is 11.0. The van der Waals surface area contributed by atoms with Crippen LogP contribution in [0.4, 0.5) is 5.69 Å². The van der Waals surface area contributed by atoms with E-state index in [4.69, 9.17) is 9.84 Å². The van der Waals surface area contributed by atoms with E-state index in [0.29, 0.717) is 6.42 Å². The second-order valence-electron chi connectivity index (χ2n) is 3.57. The maximum absolute atomic E-state index is 11.0. The Morgan fingerprint density at radius 2 is 2.25 bits per heavy atom. The van der Waals surface area contributed by atoms with E-state index in [9.17, 15) is 4.79 Å². The lowest BCUT2D eigenvalue weighted by Crippen LogP contribution is -2.37. The van der Waals surface area contributed by atoms with Gasteiger partial charge < -0.3 is 14.7 Å². The van der Waals surface area contributed by atoms with Crippen molar-refractivity contribution in [2.24, 2.45) is 0 Å². The zero-order valence-corrected chi connectivity index (χ0v) is 9.80. The van der Waals surface area contributed by atoms with Crippen molar-refractivity contribution in [2.75, 3.05) is 19.1 Å². The quantitative estimate of drug-likeness (QED) is 0.829. The van der Waals surface area contributed by atoms with Gasteiger partial charge in [-0.3, -0.25) is 0 Å². The van der Waals surface area contributed by atoms with Gasteiger partial charge in [-0.2, -0.15) is 0 Å². The summed E-state index contributed by atoms with van der Waals surface area (Å²) in [5.41, 5.74) is 0.841. The summed E-state index contributed by atoms with van der Waals surface area (Å²) >= 11 is 0. The summed E-state index contributed by atoms with van der Waals surface area (Å²) in [6.07, 6.45) is 0.559. The molecule has 4 nitrogen and oxygen atoms in total. The minimum absolute atomic E-state index is 0.507. The molecule has 0 aliphatic rings. The molecular weight excluding hydrogens is 206 g/mol. The number of hydrogen-bond acceptors (Lipinski definition) is 3.